The number of aromatic nitrogens is 1. The highest BCUT2D eigenvalue weighted by molar-refractivity contribution is 7.99. The van der Waals surface area contributed by atoms with Crippen molar-refractivity contribution >= 4 is 17.6 Å². The molecular formula is C13H10F3N3OS. The lowest BCUT2D eigenvalue weighted by atomic mass is 10.2. The molecule has 0 aliphatic carbocycles. The maximum Gasteiger partial charge on any atom is 0.417 e. The second kappa shape index (κ2) is 6.04. The largest absolute Gasteiger partial charge is 0.417 e. The molecule has 0 aliphatic rings. The van der Waals surface area contributed by atoms with Gasteiger partial charge in [-0.25, -0.2) is 4.98 Å². The van der Waals surface area contributed by atoms with Crippen molar-refractivity contribution in [3.63, 3.8) is 0 Å². The Labute approximate surface area is 122 Å². The summed E-state index contributed by atoms with van der Waals surface area (Å²) in [7, 11) is 0. The van der Waals surface area contributed by atoms with Crippen molar-refractivity contribution in [2.24, 2.45) is 10.9 Å². The van der Waals surface area contributed by atoms with Crippen molar-refractivity contribution < 1.29 is 18.4 Å². The molecule has 4 nitrogen and oxygen atoms in total. The molecule has 3 N–H and O–H groups in total. The summed E-state index contributed by atoms with van der Waals surface area (Å²) in [6, 6.07) is 8.99. The van der Waals surface area contributed by atoms with Gasteiger partial charge in [-0.2, -0.15) is 13.2 Å². The summed E-state index contributed by atoms with van der Waals surface area (Å²) in [4.78, 5) is 4.54. The summed E-state index contributed by atoms with van der Waals surface area (Å²) in [6.45, 7) is 0. The van der Waals surface area contributed by atoms with Crippen molar-refractivity contribution in [1.82, 2.24) is 4.98 Å². The quantitative estimate of drug-likeness (QED) is 0.394. The molecular weight excluding hydrogens is 303 g/mol. The van der Waals surface area contributed by atoms with Gasteiger partial charge in [-0.05, 0) is 24.3 Å². The maximum atomic E-state index is 12.4. The third-order valence-electron chi connectivity index (χ3n) is 2.54. The zero-order chi connectivity index (χ0) is 15.5. The Bertz CT molecular complexity index is 639. The first-order chi connectivity index (χ1) is 9.90. The van der Waals surface area contributed by atoms with Crippen LogP contribution in [0.4, 0.5) is 13.2 Å². The summed E-state index contributed by atoms with van der Waals surface area (Å²) in [6.07, 6.45) is -3.59. The van der Waals surface area contributed by atoms with Crippen LogP contribution in [0, 0.1) is 0 Å². The van der Waals surface area contributed by atoms with E-state index in [0.717, 1.165) is 17.2 Å². The fourth-order valence-corrected chi connectivity index (χ4v) is 2.24. The van der Waals surface area contributed by atoms with Gasteiger partial charge < -0.3 is 10.9 Å². The third kappa shape index (κ3) is 3.88. The number of nitrogens with two attached hydrogens (primary N) is 1. The zero-order valence-electron chi connectivity index (χ0n) is 10.5. The predicted octanol–water partition coefficient (Wildman–Crippen LogP) is 3.35. The first-order valence-electron chi connectivity index (χ1n) is 5.69. The summed E-state index contributed by atoms with van der Waals surface area (Å²) < 4.78 is 37.2. The van der Waals surface area contributed by atoms with E-state index in [1.165, 1.54) is 17.8 Å². The van der Waals surface area contributed by atoms with E-state index >= 15 is 0 Å². The average Bonchev–Trinajstić information content (AvgIpc) is 2.47. The Morgan fingerprint density at radius 1 is 1.14 bits per heavy atom. The molecule has 0 amide bonds. The van der Waals surface area contributed by atoms with Gasteiger partial charge in [-0.1, -0.05) is 29.1 Å². The van der Waals surface area contributed by atoms with E-state index in [0.29, 0.717) is 10.6 Å². The zero-order valence-corrected chi connectivity index (χ0v) is 11.3. The van der Waals surface area contributed by atoms with Gasteiger partial charge in [0, 0.05) is 16.7 Å². The highest BCUT2D eigenvalue weighted by Crippen LogP contribution is 2.31. The number of rotatable bonds is 3. The lowest BCUT2D eigenvalue weighted by Crippen LogP contribution is -2.12. The lowest BCUT2D eigenvalue weighted by molar-refractivity contribution is -0.137. The number of hydrogen-bond donors (Lipinski definition) is 2. The van der Waals surface area contributed by atoms with Crippen molar-refractivity contribution in [1.29, 1.82) is 0 Å². The van der Waals surface area contributed by atoms with Gasteiger partial charge in [-0.15, -0.1) is 0 Å². The van der Waals surface area contributed by atoms with Crippen LogP contribution in [0.2, 0.25) is 0 Å². The molecule has 110 valence electrons. The number of hydrogen-bond acceptors (Lipinski definition) is 4. The molecule has 0 saturated heterocycles. The molecule has 2 aromatic rings. The van der Waals surface area contributed by atoms with Gasteiger partial charge in [0.05, 0.1) is 5.56 Å². The molecule has 0 aliphatic heterocycles. The Morgan fingerprint density at radius 3 is 2.29 bits per heavy atom. The SMILES string of the molecule is N/C(=N\O)c1ccc(Sc2ccc(C(F)(F)F)cn2)cc1. The van der Waals surface area contributed by atoms with E-state index in [1.54, 1.807) is 24.3 Å². The van der Waals surface area contributed by atoms with Gasteiger partial charge in [0.25, 0.3) is 0 Å². The summed E-state index contributed by atoms with van der Waals surface area (Å²) in [5.74, 6) is -0.0146. The van der Waals surface area contributed by atoms with E-state index in [1.807, 2.05) is 0 Å². The molecule has 0 atom stereocenters. The second-order valence-corrected chi connectivity index (χ2v) is 5.09. The number of amidine groups is 1. The van der Waals surface area contributed by atoms with Crippen LogP contribution >= 0.6 is 11.8 Å². The summed E-state index contributed by atoms with van der Waals surface area (Å²) in [5.41, 5.74) is 5.19. The number of nitrogens with zero attached hydrogens (tertiary/aromatic N) is 2. The number of alkyl halides is 3. The number of halogens is 3. The van der Waals surface area contributed by atoms with Gasteiger partial charge in [0.1, 0.15) is 5.03 Å². The van der Waals surface area contributed by atoms with Gasteiger partial charge in [0.15, 0.2) is 5.84 Å². The normalized spacial score (nSPS) is 12.4. The molecule has 21 heavy (non-hydrogen) atoms. The Balaban J connectivity index is 2.11. The Hall–Kier alpha value is -2.22. The molecule has 2 rings (SSSR count). The van der Waals surface area contributed by atoms with Gasteiger partial charge in [-0.3, -0.25) is 0 Å². The van der Waals surface area contributed by atoms with E-state index in [-0.39, 0.29) is 5.84 Å². The molecule has 0 unspecified atom stereocenters. The van der Waals surface area contributed by atoms with Crippen molar-refractivity contribution in [2.45, 2.75) is 16.1 Å². The minimum atomic E-state index is -4.39. The van der Waals surface area contributed by atoms with Crippen LogP contribution < -0.4 is 5.73 Å². The summed E-state index contributed by atoms with van der Waals surface area (Å²) in [5, 5.41) is 11.9. The van der Waals surface area contributed by atoms with Gasteiger partial charge >= 0.3 is 6.18 Å². The van der Waals surface area contributed by atoms with Crippen molar-refractivity contribution in [3.05, 3.63) is 53.7 Å². The standard InChI is InChI=1S/C13H10F3N3OS/c14-13(15,16)9-3-6-11(18-7-9)21-10-4-1-8(2-5-10)12(17)19-20/h1-7,20H,(H2,17,19). The van der Waals surface area contributed by atoms with Crippen LogP contribution in [0.15, 0.2) is 57.7 Å². The molecule has 1 heterocycles. The Morgan fingerprint density at radius 2 is 1.81 bits per heavy atom. The smallest absolute Gasteiger partial charge is 0.409 e. The van der Waals surface area contributed by atoms with Crippen molar-refractivity contribution in [2.75, 3.05) is 0 Å². The van der Waals surface area contributed by atoms with E-state index < -0.39 is 11.7 Å². The topological polar surface area (TPSA) is 71.5 Å². The maximum absolute atomic E-state index is 12.4. The van der Waals surface area contributed by atoms with Crippen LogP contribution in [-0.4, -0.2) is 16.0 Å². The fraction of sp³-hybridized carbons (Fsp3) is 0.0769. The first kappa shape index (κ1) is 15.2. The highest BCUT2D eigenvalue weighted by atomic mass is 32.2. The number of benzene rings is 1. The van der Waals surface area contributed by atoms with Crippen LogP contribution in [0.5, 0.6) is 0 Å². The van der Waals surface area contributed by atoms with Crippen LogP contribution in [-0.2, 0) is 6.18 Å². The van der Waals surface area contributed by atoms with E-state index in [2.05, 4.69) is 10.1 Å². The van der Waals surface area contributed by atoms with E-state index in [9.17, 15) is 13.2 Å². The fourth-order valence-electron chi connectivity index (χ4n) is 1.48. The predicted molar refractivity (Wildman–Crippen MR) is 72.3 cm³/mol. The van der Waals surface area contributed by atoms with Crippen LogP contribution in [0.1, 0.15) is 11.1 Å². The average molecular weight is 313 g/mol. The van der Waals surface area contributed by atoms with E-state index in [4.69, 9.17) is 10.9 Å². The third-order valence-corrected chi connectivity index (χ3v) is 3.50. The van der Waals surface area contributed by atoms with Gasteiger partial charge in [0.2, 0.25) is 0 Å². The molecule has 0 spiro atoms. The molecule has 0 radical (unpaired) electrons. The molecule has 0 saturated carbocycles. The van der Waals surface area contributed by atoms with Crippen LogP contribution in [0.25, 0.3) is 0 Å². The summed E-state index contributed by atoms with van der Waals surface area (Å²) >= 11 is 1.21. The molecule has 8 heteroatoms. The molecule has 1 aromatic heterocycles. The van der Waals surface area contributed by atoms with Crippen LogP contribution in [0.3, 0.4) is 0 Å². The second-order valence-electron chi connectivity index (χ2n) is 3.99. The molecule has 1 aromatic carbocycles. The highest BCUT2D eigenvalue weighted by Gasteiger charge is 2.30. The monoisotopic (exact) mass is 313 g/mol. The number of oxime groups is 1. The molecule has 0 bridgehead atoms. The Kier molecular flexibility index (Phi) is 4.37. The first-order valence-corrected chi connectivity index (χ1v) is 6.51. The lowest BCUT2D eigenvalue weighted by Gasteiger charge is -2.07. The molecule has 0 fully saturated rings. The number of pyridine rings is 1. The van der Waals surface area contributed by atoms with Crippen molar-refractivity contribution in [3.8, 4) is 0 Å². The minimum Gasteiger partial charge on any atom is -0.409 e. The minimum absolute atomic E-state index is 0.0146.